The van der Waals surface area contributed by atoms with Crippen LogP contribution in [0.15, 0.2) is 47.4 Å². The lowest BCUT2D eigenvalue weighted by Gasteiger charge is -2.26. The number of carbonyl (C=O) groups is 1. The van der Waals surface area contributed by atoms with Gasteiger partial charge in [-0.3, -0.25) is 0 Å². The van der Waals surface area contributed by atoms with E-state index in [1.54, 1.807) is 11.9 Å². The van der Waals surface area contributed by atoms with Gasteiger partial charge in [0.25, 0.3) is 0 Å². The lowest BCUT2D eigenvalue weighted by molar-refractivity contribution is 0.0483. The summed E-state index contributed by atoms with van der Waals surface area (Å²) in [5.41, 5.74) is 2.94. The van der Waals surface area contributed by atoms with Gasteiger partial charge >= 0.3 is 5.97 Å². The molecule has 2 aromatic carbocycles. The summed E-state index contributed by atoms with van der Waals surface area (Å²) in [4.78, 5) is 13.5. The largest absolute Gasteiger partial charge is 0.492 e. The maximum absolute atomic E-state index is 12.5. The van der Waals surface area contributed by atoms with Gasteiger partial charge in [0.1, 0.15) is 11.3 Å². The Kier molecular flexibility index (Phi) is 9.30. The van der Waals surface area contributed by atoms with Crippen LogP contribution in [0.25, 0.3) is 0 Å². The van der Waals surface area contributed by atoms with Gasteiger partial charge in [0, 0.05) is 30.3 Å². The molecule has 1 aliphatic rings. The summed E-state index contributed by atoms with van der Waals surface area (Å²) in [7, 11) is 1.41. The van der Waals surface area contributed by atoms with Gasteiger partial charge in [0.2, 0.25) is 0 Å². The molecule has 0 aromatic heterocycles. The number of nitrogens with zero attached hydrogens (tertiary/aromatic N) is 1. The molecule has 1 saturated heterocycles. The molecular formula is C26H35NO4S. The molecule has 0 aliphatic carbocycles. The summed E-state index contributed by atoms with van der Waals surface area (Å²) >= 11 is 1.63. The van der Waals surface area contributed by atoms with Crippen molar-refractivity contribution in [1.29, 1.82) is 0 Å². The first-order chi connectivity index (χ1) is 15.5. The van der Waals surface area contributed by atoms with Gasteiger partial charge in [0.15, 0.2) is 0 Å². The zero-order valence-corrected chi connectivity index (χ0v) is 20.5. The van der Waals surface area contributed by atoms with Crippen LogP contribution in [0.5, 0.6) is 5.75 Å². The van der Waals surface area contributed by atoms with Crippen LogP contribution in [-0.4, -0.2) is 39.4 Å². The summed E-state index contributed by atoms with van der Waals surface area (Å²) in [5.74, 6) is 1.15. The molecule has 5 nitrogen and oxygen atoms in total. The van der Waals surface area contributed by atoms with E-state index in [1.807, 2.05) is 18.2 Å². The average Bonchev–Trinajstić information content (AvgIpc) is 2.82. The first-order valence-corrected chi connectivity index (χ1v) is 12.2. The van der Waals surface area contributed by atoms with Crippen molar-refractivity contribution in [2.24, 2.45) is 11.8 Å². The number of carbonyl (C=O) groups excluding carboxylic acids is 1. The van der Waals surface area contributed by atoms with Crippen molar-refractivity contribution in [2.75, 3.05) is 37.8 Å². The standard InChI is InChI=1S/C26H35NO4S/c1-5-20-6-8-22(9-7-20)27(17-19(2)3)32-23-10-11-25(24(16-23)26(28)29-4)31-18-21-12-14-30-15-13-21/h6-11,16,19,21H,5,12-15,17-18H2,1-4H3. The Hall–Kier alpha value is -2.18. The van der Waals surface area contributed by atoms with Crippen LogP contribution < -0.4 is 9.04 Å². The SMILES string of the molecule is CCc1ccc(N(CC(C)C)Sc2ccc(OCC3CCOCC3)c(C(=O)OC)c2)cc1. The van der Waals surface area contributed by atoms with E-state index in [-0.39, 0.29) is 5.97 Å². The van der Waals surface area contributed by atoms with Crippen LogP contribution in [0.2, 0.25) is 0 Å². The third kappa shape index (κ3) is 6.91. The summed E-state index contributed by atoms with van der Waals surface area (Å²) in [6, 6.07) is 14.5. The molecule has 32 heavy (non-hydrogen) atoms. The number of methoxy groups -OCH3 is 1. The Morgan fingerprint density at radius 3 is 2.50 bits per heavy atom. The molecule has 1 aliphatic heterocycles. The van der Waals surface area contributed by atoms with E-state index in [9.17, 15) is 4.79 Å². The molecule has 2 aromatic rings. The van der Waals surface area contributed by atoms with Gasteiger partial charge in [-0.2, -0.15) is 0 Å². The van der Waals surface area contributed by atoms with Gasteiger partial charge in [0.05, 0.1) is 13.7 Å². The number of rotatable bonds is 10. The highest BCUT2D eigenvalue weighted by Gasteiger charge is 2.20. The van der Waals surface area contributed by atoms with E-state index < -0.39 is 0 Å². The Morgan fingerprint density at radius 2 is 1.88 bits per heavy atom. The Balaban J connectivity index is 1.78. The first-order valence-electron chi connectivity index (χ1n) is 11.5. The number of esters is 1. The second kappa shape index (κ2) is 12.2. The third-order valence-corrected chi connectivity index (χ3v) is 6.60. The lowest BCUT2D eigenvalue weighted by atomic mass is 10.0. The minimum atomic E-state index is -0.378. The van der Waals surface area contributed by atoms with Crippen LogP contribution in [0.3, 0.4) is 0 Å². The van der Waals surface area contributed by atoms with Crippen LogP contribution in [-0.2, 0) is 15.9 Å². The third-order valence-electron chi connectivity index (χ3n) is 5.55. The van der Waals surface area contributed by atoms with E-state index >= 15 is 0 Å². The van der Waals surface area contributed by atoms with E-state index in [2.05, 4.69) is 49.3 Å². The van der Waals surface area contributed by atoms with Crippen LogP contribution in [0.4, 0.5) is 5.69 Å². The molecule has 6 heteroatoms. The molecule has 3 rings (SSSR count). The first kappa shape index (κ1) is 24.5. The van der Waals surface area contributed by atoms with Crippen molar-refractivity contribution in [3.05, 3.63) is 53.6 Å². The van der Waals surface area contributed by atoms with Crippen LogP contribution in [0, 0.1) is 11.8 Å². The Labute approximate surface area is 196 Å². The fraction of sp³-hybridized carbons (Fsp3) is 0.500. The predicted octanol–water partition coefficient (Wildman–Crippen LogP) is 6.01. The number of hydrogen-bond donors (Lipinski definition) is 0. The summed E-state index contributed by atoms with van der Waals surface area (Å²) in [5, 5.41) is 0. The second-order valence-electron chi connectivity index (χ2n) is 8.58. The van der Waals surface area contributed by atoms with E-state index in [0.29, 0.717) is 29.8 Å². The van der Waals surface area contributed by atoms with E-state index in [1.165, 1.54) is 12.7 Å². The minimum absolute atomic E-state index is 0.378. The molecule has 0 unspecified atom stereocenters. The Morgan fingerprint density at radius 1 is 1.16 bits per heavy atom. The molecule has 0 N–H and O–H groups in total. The van der Waals surface area contributed by atoms with Gasteiger partial charge in [-0.25, -0.2) is 4.79 Å². The van der Waals surface area contributed by atoms with Gasteiger partial charge in [-0.05, 0) is 78.9 Å². The van der Waals surface area contributed by atoms with Crippen molar-refractivity contribution >= 4 is 23.6 Å². The summed E-state index contributed by atoms with van der Waals surface area (Å²) in [6.07, 6.45) is 3.00. The maximum Gasteiger partial charge on any atom is 0.341 e. The highest BCUT2D eigenvalue weighted by Crippen LogP contribution is 2.33. The highest BCUT2D eigenvalue weighted by molar-refractivity contribution is 8.00. The van der Waals surface area contributed by atoms with Crippen molar-refractivity contribution in [3.63, 3.8) is 0 Å². The predicted molar refractivity (Wildman–Crippen MR) is 131 cm³/mol. The highest BCUT2D eigenvalue weighted by atomic mass is 32.2. The topological polar surface area (TPSA) is 48.0 Å². The van der Waals surface area contributed by atoms with E-state index in [0.717, 1.165) is 49.6 Å². The van der Waals surface area contributed by atoms with Gasteiger partial charge in [-0.1, -0.05) is 32.9 Å². The molecule has 1 fully saturated rings. The zero-order valence-electron chi connectivity index (χ0n) is 19.6. The zero-order chi connectivity index (χ0) is 22.9. The molecule has 1 heterocycles. The van der Waals surface area contributed by atoms with E-state index in [4.69, 9.17) is 14.2 Å². The van der Waals surface area contributed by atoms with Crippen LogP contribution in [0.1, 0.15) is 49.5 Å². The summed E-state index contributed by atoms with van der Waals surface area (Å²) in [6.45, 7) is 9.61. The maximum atomic E-state index is 12.5. The molecule has 0 amide bonds. The molecule has 174 valence electrons. The molecule has 0 bridgehead atoms. The van der Waals surface area contributed by atoms with Crippen molar-refractivity contribution in [2.45, 2.75) is 44.9 Å². The molecule has 0 saturated carbocycles. The molecule has 0 atom stereocenters. The normalized spacial score (nSPS) is 14.4. The number of aryl methyl sites for hydroxylation is 1. The average molecular weight is 458 g/mol. The van der Waals surface area contributed by atoms with Crippen LogP contribution >= 0.6 is 11.9 Å². The number of benzene rings is 2. The quantitative estimate of drug-likeness (QED) is 0.322. The minimum Gasteiger partial charge on any atom is -0.492 e. The second-order valence-corrected chi connectivity index (χ2v) is 9.68. The number of anilines is 1. The van der Waals surface area contributed by atoms with Crippen molar-refractivity contribution in [1.82, 2.24) is 0 Å². The Bertz CT molecular complexity index is 863. The fourth-order valence-electron chi connectivity index (χ4n) is 3.63. The number of hydrogen-bond acceptors (Lipinski definition) is 6. The monoisotopic (exact) mass is 457 g/mol. The van der Waals surface area contributed by atoms with Crippen molar-refractivity contribution < 1.29 is 19.0 Å². The molecule has 0 radical (unpaired) electrons. The smallest absolute Gasteiger partial charge is 0.341 e. The molecule has 0 spiro atoms. The lowest BCUT2D eigenvalue weighted by Crippen LogP contribution is -2.22. The van der Waals surface area contributed by atoms with Gasteiger partial charge < -0.3 is 18.5 Å². The fourth-order valence-corrected chi connectivity index (χ4v) is 4.79. The van der Waals surface area contributed by atoms with Gasteiger partial charge in [-0.15, -0.1) is 0 Å². The molecular weight excluding hydrogens is 422 g/mol. The van der Waals surface area contributed by atoms with Crippen molar-refractivity contribution in [3.8, 4) is 5.75 Å². The number of ether oxygens (including phenoxy) is 3. The summed E-state index contributed by atoms with van der Waals surface area (Å²) < 4.78 is 18.8.